The fourth-order valence-electron chi connectivity index (χ4n) is 2.98. The fourth-order valence-corrected chi connectivity index (χ4v) is 4.72. The van der Waals surface area contributed by atoms with Gasteiger partial charge in [0.05, 0.1) is 5.25 Å². The Kier molecular flexibility index (Phi) is 5.17. The van der Waals surface area contributed by atoms with Crippen molar-refractivity contribution in [1.82, 2.24) is 0 Å². The van der Waals surface area contributed by atoms with Crippen molar-refractivity contribution < 1.29 is 4.21 Å². The molecule has 0 heterocycles. The molecule has 0 aromatic heterocycles. The van der Waals surface area contributed by atoms with Gasteiger partial charge in [-0.3, -0.25) is 4.21 Å². The molecule has 4 atom stereocenters. The first kappa shape index (κ1) is 14.7. The predicted molar refractivity (Wildman–Crippen MR) is 82.4 cm³/mol. The second kappa shape index (κ2) is 6.67. The van der Waals surface area contributed by atoms with E-state index in [0.29, 0.717) is 11.7 Å². The Morgan fingerprint density at radius 2 is 2.16 bits per heavy atom. The van der Waals surface area contributed by atoms with Crippen LogP contribution in [0.25, 0.3) is 0 Å². The summed E-state index contributed by atoms with van der Waals surface area (Å²) in [6, 6.07) is 8.43. The van der Waals surface area contributed by atoms with E-state index in [1.54, 1.807) is 0 Å². The normalized spacial score (nSPS) is 29.1. The first-order chi connectivity index (χ1) is 9.10. The zero-order valence-electron chi connectivity index (χ0n) is 12.0. The first-order valence-corrected chi connectivity index (χ1v) is 8.66. The largest absolute Gasteiger partial charge is 0.327 e. The van der Waals surface area contributed by atoms with Crippen molar-refractivity contribution in [3.05, 3.63) is 35.4 Å². The Labute approximate surface area is 119 Å². The van der Waals surface area contributed by atoms with Gasteiger partial charge in [-0.05, 0) is 37.7 Å². The first-order valence-electron chi connectivity index (χ1n) is 7.28. The van der Waals surface area contributed by atoms with Gasteiger partial charge >= 0.3 is 0 Å². The topological polar surface area (TPSA) is 43.1 Å². The molecule has 0 amide bonds. The van der Waals surface area contributed by atoms with Crippen molar-refractivity contribution in [3.8, 4) is 0 Å². The summed E-state index contributed by atoms with van der Waals surface area (Å²) in [5, 5.41) is 0.180. The van der Waals surface area contributed by atoms with Gasteiger partial charge in [0.1, 0.15) is 0 Å². The molecule has 4 unspecified atom stereocenters. The van der Waals surface area contributed by atoms with Crippen LogP contribution in [0.15, 0.2) is 24.3 Å². The van der Waals surface area contributed by atoms with E-state index in [-0.39, 0.29) is 11.3 Å². The lowest BCUT2D eigenvalue weighted by atomic mass is 9.84. The Morgan fingerprint density at radius 1 is 1.37 bits per heavy atom. The van der Waals surface area contributed by atoms with Gasteiger partial charge in [0.2, 0.25) is 0 Å². The SMILES string of the molecule is CCC1CCC(N)C(S(=O)Cc2cccc(C)c2)C1. The molecule has 0 spiro atoms. The van der Waals surface area contributed by atoms with Crippen molar-refractivity contribution in [2.24, 2.45) is 11.7 Å². The van der Waals surface area contributed by atoms with E-state index in [1.807, 2.05) is 6.07 Å². The molecule has 0 radical (unpaired) electrons. The smallest absolute Gasteiger partial charge is 0.0505 e. The molecular weight excluding hydrogens is 254 g/mol. The Hall–Kier alpha value is -0.670. The van der Waals surface area contributed by atoms with Crippen molar-refractivity contribution in [2.45, 2.75) is 56.6 Å². The monoisotopic (exact) mass is 279 g/mol. The Morgan fingerprint density at radius 3 is 2.84 bits per heavy atom. The Balaban J connectivity index is 2.02. The predicted octanol–water partition coefficient (Wildman–Crippen LogP) is 3.15. The van der Waals surface area contributed by atoms with E-state index in [2.05, 4.69) is 32.0 Å². The van der Waals surface area contributed by atoms with E-state index >= 15 is 0 Å². The summed E-state index contributed by atoms with van der Waals surface area (Å²) in [6.45, 7) is 4.30. The zero-order chi connectivity index (χ0) is 13.8. The van der Waals surface area contributed by atoms with Crippen LogP contribution in [0.2, 0.25) is 0 Å². The molecule has 0 saturated heterocycles. The summed E-state index contributed by atoms with van der Waals surface area (Å²) in [4.78, 5) is 0. The molecule has 1 aromatic carbocycles. The maximum Gasteiger partial charge on any atom is 0.0505 e. The van der Waals surface area contributed by atoms with Gasteiger partial charge in [-0.1, -0.05) is 43.2 Å². The number of hydrogen-bond acceptors (Lipinski definition) is 2. The highest BCUT2D eigenvalue weighted by Gasteiger charge is 2.31. The minimum atomic E-state index is -0.843. The van der Waals surface area contributed by atoms with Crippen LogP contribution in [0.3, 0.4) is 0 Å². The van der Waals surface area contributed by atoms with Crippen molar-refractivity contribution in [1.29, 1.82) is 0 Å². The third kappa shape index (κ3) is 3.90. The summed E-state index contributed by atoms with van der Waals surface area (Å²) in [7, 11) is -0.843. The minimum Gasteiger partial charge on any atom is -0.327 e. The summed E-state index contributed by atoms with van der Waals surface area (Å²) < 4.78 is 12.6. The maximum atomic E-state index is 12.6. The lowest BCUT2D eigenvalue weighted by Crippen LogP contribution is -2.43. The average molecular weight is 279 g/mol. The number of hydrogen-bond donors (Lipinski definition) is 1. The van der Waals surface area contributed by atoms with Gasteiger partial charge in [0.15, 0.2) is 0 Å². The number of aryl methyl sites for hydroxylation is 1. The highest BCUT2D eigenvalue weighted by molar-refractivity contribution is 7.84. The van der Waals surface area contributed by atoms with Crippen LogP contribution in [0.5, 0.6) is 0 Å². The number of benzene rings is 1. The van der Waals surface area contributed by atoms with Gasteiger partial charge in [-0.25, -0.2) is 0 Å². The summed E-state index contributed by atoms with van der Waals surface area (Å²) in [5.41, 5.74) is 8.59. The molecule has 2 nitrogen and oxygen atoms in total. The zero-order valence-corrected chi connectivity index (χ0v) is 12.8. The molecule has 0 aliphatic heterocycles. The third-order valence-corrected chi connectivity index (χ3v) is 6.09. The maximum absolute atomic E-state index is 12.6. The number of rotatable bonds is 4. The van der Waals surface area contributed by atoms with Crippen molar-refractivity contribution in [3.63, 3.8) is 0 Å². The van der Waals surface area contributed by atoms with Crippen molar-refractivity contribution >= 4 is 10.8 Å². The molecule has 1 aromatic rings. The van der Waals surface area contributed by atoms with Gasteiger partial charge in [-0.2, -0.15) is 0 Å². The van der Waals surface area contributed by atoms with Crippen LogP contribution in [-0.2, 0) is 16.6 Å². The fraction of sp³-hybridized carbons (Fsp3) is 0.625. The second-order valence-electron chi connectivity index (χ2n) is 5.80. The van der Waals surface area contributed by atoms with Crippen LogP contribution in [0, 0.1) is 12.8 Å². The Bertz CT molecular complexity index is 446. The summed E-state index contributed by atoms with van der Waals surface area (Å²) >= 11 is 0. The summed E-state index contributed by atoms with van der Waals surface area (Å²) in [6.07, 6.45) is 4.46. The molecule has 1 aliphatic carbocycles. The van der Waals surface area contributed by atoms with Crippen LogP contribution < -0.4 is 5.73 Å². The van der Waals surface area contributed by atoms with E-state index in [0.717, 1.165) is 12.8 Å². The molecule has 2 rings (SSSR count). The van der Waals surface area contributed by atoms with E-state index < -0.39 is 10.8 Å². The number of nitrogens with two attached hydrogens (primary N) is 1. The highest BCUT2D eigenvalue weighted by atomic mass is 32.2. The van der Waals surface area contributed by atoms with E-state index in [9.17, 15) is 4.21 Å². The third-order valence-electron chi connectivity index (χ3n) is 4.26. The average Bonchev–Trinajstić information content (AvgIpc) is 2.39. The second-order valence-corrected chi connectivity index (χ2v) is 7.46. The molecule has 106 valence electrons. The molecule has 3 heteroatoms. The highest BCUT2D eigenvalue weighted by Crippen LogP contribution is 2.30. The van der Waals surface area contributed by atoms with Gasteiger partial charge in [0.25, 0.3) is 0 Å². The van der Waals surface area contributed by atoms with Crippen LogP contribution >= 0.6 is 0 Å². The molecule has 1 saturated carbocycles. The van der Waals surface area contributed by atoms with Gasteiger partial charge in [0, 0.05) is 22.6 Å². The standard InChI is InChI=1S/C16H25NOS/c1-3-13-7-8-15(17)16(10-13)19(18)11-14-6-4-5-12(2)9-14/h4-6,9,13,15-16H,3,7-8,10-11,17H2,1-2H3. The minimum absolute atomic E-state index is 0.119. The molecule has 1 aliphatic rings. The molecule has 1 fully saturated rings. The van der Waals surface area contributed by atoms with Crippen LogP contribution in [-0.4, -0.2) is 15.5 Å². The lowest BCUT2D eigenvalue weighted by molar-refractivity contribution is 0.324. The van der Waals surface area contributed by atoms with Crippen molar-refractivity contribution in [2.75, 3.05) is 0 Å². The molecule has 0 bridgehead atoms. The quantitative estimate of drug-likeness (QED) is 0.920. The summed E-state index contributed by atoms with van der Waals surface area (Å²) in [5.74, 6) is 1.36. The molecular formula is C16H25NOS. The van der Waals surface area contributed by atoms with Gasteiger partial charge in [-0.15, -0.1) is 0 Å². The van der Waals surface area contributed by atoms with Crippen LogP contribution in [0.4, 0.5) is 0 Å². The van der Waals surface area contributed by atoms with E-state index in [4.69, 9.17) is 5.73 Å². The van der Waals surface area contributed by atoms with Crippen LogP contribution in [0.1, 0.15) is 43.7 Å². The van der Waals surface area contributed by atoms with Gasteiger partial charge < -0.3 is 5.73 Å². The molecule has 19 heavy (non-hydrogen) atoms. The molecule has 2 N–H and O–H groups in total. The van der Waals surface area contributed by atoms with E-state index in [1.165, 1.54) is 24.0 Å². The lowest BCUT2D eigenvalue weighted by Gasteiger charge is -2.33.